The zero-order chi connectivity index (χ0) is 29.8. The highest BCUT2D eigenvalue weighted by Crippen LogP contribution is 2.73. The van der Waals surface area contributed by atoms with E-state index in [1.807, 2.05) is 19.2 Å². The second-order valence-electron chi connectivity index (χ2n) is 12.3. The molecule has 3 aliphatic carbocycles. The van der Waals surface area contributed by atoms with E-state index < -0.39 is 13.3 Å². The summed E-state index contributed by atoms with van der Waals surface area (Å²) in [6.07, 6.45) is 17.3. The van der Waals surface area contributed by atoms with Crippen molar-refractivity contribution in [3.63, 3.8) is 0 Å². The number of benzene rings is 3. The number of hydrogen-bond donors (Lipinski definition) is 1. The Kier molecular flexibility index (Phi) is 9.63. The van der Waals surface area contributed by atoms with E-state index in [-0.39, 0.29) is 5.92 Å². The van der Waals surface area contributed by atoms with Gasteiger partial charge in [-0.05, 0) is 60.3 Å². The molecule has 2 N–H and O–H groups in total. The third kappa shape index (κ3) is 5.70. The maximum Gasteiger partial charge on any atom is 0.126 e. The summed E-state index contributed by atoms with van der Waals surface area (Å²) in [6.45, 7) is 0. The third-order valence-corrected chi connectivity index (χ3v) is 14.4. The van der Waals surface area contributed by atoms with Gasteiger partial charge in [-0.3, -0.25) is 0 Å². The molecule has 0 aliphatic heterocycles. The van der Waals surface area contributed by atoms with Gasteiger partial charge < -0.3 is 15.2 Å². The van der Waals surface area contributed by atoms with Crippen LogP contribution in [0, 0.1) is 0 Å². The Labute approximate surface area is 264 Å². The summed E-state index contributed by atoms with van der Waals surface area (Å²) in [6, 6.07) is 25.3. The molecule has 0 aromatic heterocycles. The van der Waals surface area contributed by atoms with Gasteiger partial charge in [0.05, 0.1) is 7.11 Å². The molecule has 0 heterocycles. The quantitative estimate of drug-likeness (QED) is 0.203. The molecule has 3 aromatic rings. The summed E-state index contributed by atoms with van der Waals surface area (Å²) < 4.78 is 13.4. The zero-order valence-corrected chi connectivity index (χ0v) is 27.3. The number of rotatable bonds is 8. The normalized spacial score (nSPS) is 23.6. The van der Waals surface area contributed by atoms with Gasteiger partial charge in [0.1, 0.15) is 11.1 Å². The molecule has 0 radical (unpaired) electrons. The van der Waals surface area contributed by atoms with E-state index in [9.17, 15) is 0 Å². The molecule has 3 nitrogen and oxygen atoms in total. The van der Waals surface area contributed by atoms with Crippen molar-refractivity contribution in [2.75, 3.05) is 20.0 Å². The van der Waals surface area contributed by atoms with Gasteiger partial charge in [0, 0.05) is 40.4 Å². The van der Waals surface area contributed by atoms with Crippen molar-refractivity contribution in [3.8, 4) is 11.1 Å². The second-order valence-corrected chi connectivity index (χ2v) is 15.7. The number of nitrogen functional groups attached to an aromatic ring is 1. The molecule has 0 bridgehead atoms. The number of halogens is 1. The molecule has 2 atom stereocenters. The summed E-state index contributed by atoms with van der Waals surface area (Å²) in [5.74, 6) is 0.732. The molecule has 43 heavy (non-hydrogen) atoms. The Balaban J connectivity index is 1.64. The summed E-state index contributed by atoms with van der Waals surface area (Å²) in [5.41, 5.74) is 14.6. The van der Waals surface area contributed by atoms with Gasteiger partial charge >= 0.3 is 0 Å². The van der Waals surface area contributed by atoms with E-state index in [1.54, 1.807) is 7.11 Å². The standard InChI is InChI=1S/C38H45ClNO2P/c1-41-34-26-24-32(35-33(39)25-23-31(37(35)40)27-15-7-3-8-16-27)38(42-2,36(34)28-17-9-4-10-18-28)43(29-19-11-5-12-20-29)30-21-13-6-14-22-30/h3-4,7-10,15-18,23-26,29-30,32H,5-6,11-14,19-22,40H2,1-2H3. The number of ether oxygens (including phenoxy) is 2. The van der Waals surface area contributed by atoms with Crippen LogP contribution < -0.4 is 5.73 Å². The number of methoxy groups -OCH3 is 2. The molecule has 6 rings (SSSR count). The monoisotopic (exact) mass is 613 g/mol. The van der Waals surface area contributed by atoms with Crippen molar-refractivity contribution in [1.29, 1.82) is 0 Å². The van der Waals surface area contributed by atoms with E-state index in [4.69, 9.17) is 26.8 Å². The van der Waals surface area contributed by atoms with Crippen molar-refractivity contribution >= 4 is 30.8 Å². The fourth-order valence-electron chi connectivity index (χ4n) is 8.12. The lowest BCUT2D eigenvalue weighted by molar-refractivity contribution is 0.0939. The lowest BCUT2D eigenvalue weighted by Gasteiger charge is -2.55. The highest BCUT2D eigenvalue weighted by Gasteiger charge is 2.57. The lowest BCUT2D eigenvalue weighted by Crippen LogP contribution is -2.45. The molecular formula is C38H45ClNO2P. The van der Waals surface area contributed by atoms with Gasteiger partial charge in [-0.2, -0.15) is 0 Å². The highest BCUT2D eigenvalue weighted by atomic mass is 35.5. The average molecular weight is 614 g/mol. The Morgan fingerprint density at radius 1 is 0.744 bits per heavy atom. The zero-order valence-electron chi connectivity index (χ0n) is 25.6. The van der Waals surface area contributed by atoms with Crippen LogP contribution in [0.5, 0.6) is 0 Å². The van der Waals surface area contributed by atoms with Gasteiger partial charge in [0.15, 0.2) is 0 Å². The van der Waals surface area contributed by atoms with E-state index in [0.717, 1.165) is 39.3 Å². The van der Waals surface area contributed by atoms with Gasteiger partial charge in [0.25, 0.3) is 0 Å². The first kappa shape index (κ1) is 30.4. The maximum atomic E-state index is 7.24. The van der Waals surface area contributed by atoms with Crippen LogP contribution in [0.25, 0.3) is 16.7 Å². The maximum absolute atomic E-state index is 7.24. The fourth-order valence-corrected chi connectivity index (χ4v) is 13.2. The Bertz CT molecular complexity index is 1430. The predicted octanol–water partition coefficient (Wildman–Crippen LogP) is 10.8. The summed E-state index contributed by atoms with van der Waals surface area (Å²) in [7, 11) is 3.06. The van der Waals surface area contributed by atoms with Gasteiger partial charge in [-0.15, -0.1) is 0 Å². The lowest BCUT2D eigenvalue weighted by atomic mass is 9.79. The Hall–Kier alpha value is -2.58. The minimum atomic E-state index is -0.672. The molecule has 226 valence electrons. The fraction of sp³-hybridized carbons (Fsp3) is 0.421. The second kappa shape index (κ2) is 13.6. The minimum Gasteiger partial charge on any atom is -0.496 e. The van der Waals surface area contributed by atoms with Crippen LogP contribution in [0.1, 0.15) is 81.3 Å². The third-order valence-electron chi connectivity index (χ3n) is 10.0. The van der Waals surface area contributed by atoms with Gasteiger partial charge in [0.2, 0.25) is 0 Å². The topological polar surface area (TPSA) is 44.5 Å². The molecular weight excluding hydrogens is 569 g/mol. The molecule has 0 saturated heterocycles. The first-order chi connectivity index (χ1) is 21.1. The van der Waals surface area contributed by atoms with E-state index in [0.29, 0.717) is 16.3 Å². The Morgan fingerprint density at radius 3 is 1.84 bits per heavy atom. The summed E-state index contributed by atoms with van der Waals surface area (Å²) >= 11 is 7.24. The average Bonchev–Trinajstić information content (AvgIpc) is 3.07. The number of allylic oxidation sites excluding steroid dienone is 1. The van der Waals surface area contributed by atoms with Crippen molar-refractivity contribution in [3.05, 3.63) is 107 Å². The first-order valence-corrected chi connectivity index (χ1v) is 17.9. The van der Waals surface area contributed by atoms with Crippen molar-refractivity contribution in [2.24, 2.45) is 0 Å². The van der Waals surface area contributed by atoms with E-state index in [2.05, 4.69) is 72.8 Å². The van der Waals surface area contributed by atoms with Crippen LogP contribution in [-0.2, 0) is 9.47 Å². The predicted molar refractivity (Wildman–Crippen MR) is 184 cm³/mol. The van der Waals surface area contributed by atoms with Crippen LogP contribution in [-0.4, -0.2) is 30.9 Å². The van der Waals surface area contributed by atoms with Crippen molar-refractivity contribution in [2.45, 2.75) is 86.8 Å². The number of anilines is 1. The van der Waals surface area contributed by atoms with Crippen LogP contribution in [0.15, 0.2) is 90.7 Å². The molecule has 2 fully saturated rings. The SMILES string of the molecule is COC1=C(c2ccccc2)C(OC)(P(C2CCCCC2)C2CCCCC2)C(c2c(Cl)ccc(-c3ccccc3)c2N)C=C1. The number of hydrogen-bond acceptors (Lipinski definition) is 3. The summed E-state index contributed by atoms with van der Waals surface area (Å²) in [4.78, 5) is 0. The Morgan fingerprint density at radius 2 is 1.30 bits per heavy atom. The van der Waals surface area contributed by atoms with Crippen LogP contribution >= 0.6 is 19.5 Å². The number of nitrogens with two attached hydrogens (primary N) is 1. The minimum absolute atomic E-state index is 0.155. The first-order valence-electron chi connectivity index (χ1n) is 16.1. The molecule has 3 aliphatic rings. The molecule has 3 aromatic carbocycles. The summed E-state index contributed by atoms with van der Waals surface area (Å²) in [5, 5.41) is 0.0530. The molecule has 5 heteroatoms. The molecule has 2 saturated carbocycles. The molecule has 0 spiro atoms. The van der Waals surface area contributed by atoms with Gasteiger partial charge in [-0.1, -0.05) is 131 Å². The van der Waals surface area contributed by atoms with Crippen molar-refractivity contribution in [1.82, 2.24) is 0 Å². The van der Waals surface area contributed by atoms with Crippen LogP contribution in [0.2, 0.25) is 5.02 Å². The molecule has 0 amide bonds. The smallest absolute Gasteiger partial charge is 0.126 e. The van der Waals surface area contributed by atoms with Gasteiger partial charge in [-0.25, -0.2) is 0 Å². The largest absolute Gasteiger partial charge is 0.496 e. The van der Waals surface area contributed by atoms with E-state index >= 15 is 0 Å². The van der Waals surface area contributed by atoms with Crippen LogP contribution in [0.4, 0.5) is 5.69 Å². The highest BCUT2D eigenvalue weighted by molar-refractivity contribution is 7.61. The van der Waals surface area contributed by atoms with Crippen molar-refractivity contribution < 1.29 is 9.47 Å². The van der Waals surface area contributed by atoms with Crippen LogP contribution in [0.3, 0.4) is 0 Å². The molecule has 2 unspecified atom stereocenters. The van der Waals surface area contributed by atoms with E-state index in [1.165, 1.54) is 64.2 Å².